The van der Waals surface area contributed by atoms with E-state index in [2.05, 4.69) is 10.5 Å². The number of methoxy groups -OCH3 is 1. The van der Waals surface area contributed by atoms with Crippen molar-refractivity contribution in [2.75, 3.05) is 7.11 Å². The predicted octanol–water partition coefficient (Wildman–Crippen LogP) is 1.52. The van der Waals surface area contributed by atoms with Gasteiger partial charge in [-0.25, -0.2) is 0 Å². The largest absolute Gasteiger partial charge is 0.380 e. The second-order valence-electron chi connectivity index (χ2n) is 4.70. The number of amides is 1. The molecule has 112 valence electrons. The third kappa shape index (κ3) is 3.68. The fourth-order valence-corrected chi connectivity index (χ4v) is 1.94. The third-order valence-corrected chi connectivity index (χ3v) is 3.20. The standard InChI is InChI=1S/C15H19N3O3/c1-10-13(9-20-2)14(18-21-10)15(19)17-8-12-5-3-11(7-16)4-6-12/h3-6H,7-9,16H2,1-2H3,(H,17,19). The van der Waals surface area contributed by atoms with Crippen LogP contribution in [0.3, 0.4) is 0 Å². The molecule has 6 heteroatoms. The summed E-state index contributed by atoms with van der Waals surface area (Å²) >= 11 is 0. The molecule has 0 radical (unpaired) electrons. The van der Waals surface area contributed by atoms with Gasteiger partial charge in [0.25, 0.3) is 5.91 Å². The number of aryl methyl sites for hydroxylation is 1. The summed E-state index contributed by atoms with van der Waals surface area (Å²) in [6.07, 6.45) is 0. The number of rotatable bonds is 6. The summed E-state index contributed by atoms with van der Waals surface area (Å²) < 4.78 is 10.1. The molecule has 6 nitrogen and oxygen atoms in total. The smallest absolute Gasteiger partial charge is 0.274 e. The Kier molecular flexibility index (Phi) is 5.08. The first-order valence-electron chi connectivity index (χ1n) is 6.66. The van der Waals surface area contributed by atoms with E-state index in [1.165, 1.54) is 0 Å². The van der Waals surface area contributed by atoms with Crippen molar-refractivity contribution in [2.24, 2.45) is 5.73 Å². The van der Waals surface area contributed by atoms with Crippen molar-refractivity contribution in [3.8, 4) is 0 Å². The summed E-state index contributed by atoms with van der Waals surface area (Å²) in [5.74, 6) is 0.316. The van der Waals surface area contributed by atoms with Crippen molar-refractivity contribution in [2.45, 2.75) is 26.6 Å². The summed E-state index contributed by atoms with van der Waals surface area (Å²) in [6.45, 7) is 2.97. The number of nitrogens with two attached hydrogens (primary N) is 1. The molecule has 0 aliphatic heterocycles. The highest BCUT2D eigenvalue weighted by atomic mass is 16.5. The molecule has 2 aromatic rings. The minimum absolute atomic E-state index is 0.271. The van der Waals surface area contributed by atoms with Crippen molar-refractivity contribution in [1.29, 1.82) is 0 Å². The van der Waals surface area contributed by atoms with Crippen LogP contribution in [0.2, 0.25) is 0 Å². The minimum Gasteiger partial charge on any atom is -0.380 e. The molecule has 0 saturated heterocycles. The number of carbonyl (C=O) groups is 1. The highest BCUT2D eigenvalue weighted by Gasteiger charge is 2.19. The van der Waals surface area contributed by atoms with Gasteiger partial charge in [0.2, 0.25) is 0 Å². The molecule has 2 rings (SSSR count). The molecule has 1 amide bonds. The van der Waals surface area contributed by atoms with Crippen molar-refractivity contribution in [3.05, 3.63) is 52.4 Å². The van der Waals surface area contributed by atoms with Crippen LogP contribution in [0.1, 0.15) is 32.9 Å². The van der Waals surface area contributed by atoms with E-state index in [1.54, 1.807) is 14.0 Å². The average Bonchev–Trinajstić information content (AvgIpc) is 2.87. The maximum absolute atomic E-state index is 12.1. The number of nitrogens with zero attached hydrogens (tertiary/aromatic N) is 1. The number of ether oxygens (including phenoxy) is 1. The highest BCUT2D eigenvalue weighted by molar-refractivity contribution is 5.93. The van der Waals surface area contributed by atoms with E-state index in [-0.39, 0.29) is 11.6 Å². The Hall–Kier alpha value is -2.18. The van der Waals surface area contributed by atoms with Crippen LogP contribution in [-0.2, 0) is 24.4 Å². The first kappa shape index (κ1) is 15.2. The molecule has 0 aliphatic carbocycles. The lowest BCUT2D eigenvalue weighted by molar-refractivity contribution is 0.0937. The van der Waals surface area contributed by atoms with Crippen LogP contribution >= 0.6 is 0 Å². The average molecular weight is 289 g/mol. The second-order valence-corrected chi connectivity index (χ2v) is 4.70. The number of carbonyl (C=O) groups excluding carboxylic acids is 1. The molecule has 0 atom stereocenters. The molecule has 21 heavy (non-hydrogen) atoms. The molecular formula is C15H19N3O3. The Morgan fingerprint density at radius 1 is 1.33 bits per heavy atom. The molecule has 0 spiro atoms. The van der Waals surface area contributed by atoms with E-state index < -0.39 is 0 Å². The number of hydrogen-bond donors (Lipinski definition) is 2. The normalized spacial score (nSPS) is 10.6. The number of aromatic nitrogens is 1. The van der Waals surface area contributed by atoms with E-state index in [0.29, 0.717) is 31.0 Å². The van der Waals surface area contributed by atoms with E-state index in [4.69, 9.17) is 15.0 Å². The number of benzene rings is 1. The molecule has 0 bridgehead atoms. The van der Waals surface area contributed by atoms with Crippen molar-refractivity contribution in [1.82, 2.24) is 10.5 Å². The number of nitrogens with one attached hydrogen (secondary N) is 1. The molecular weight excluding hydrogens is 270 g/mol. The van der Waals surface area contributed by atoms with Gasteiger partial charge in [0.1, 0.15) is 5.76 Å². The summed E-state index contributed by atoms with van der Waals surface area (Å²) in [5, 5.41) is 6.61. The van der Waals surface area contributed by atoms with E-state index >= 15 is 0 Å². The van der Waals surface area contributed by atoms with Crippen molar-refractivity contribution < 1.29 is 14.1 Å². The Balaban J connectivity index is 2.01. The maximum atomic E-state index is 12.1. The summed E-state index contributed by atoms with van der Waals surface area (Å²) in [4.78, 5) is 12.1. The summed E-state index contributed by atoms with van der Waals surface area (Å²) in [7, 11) is 1.56. The lowest BCUT2D eigenvalue weighted by atomic mass is 10.1. The first-order valence-corrected chi connectivity index (χ1v) is 6.66. The Morgan fingerprint density at radius 3 is 2.62 bits per heavy atom. The van der Waals surface area contributed by atoms with Gasteiger partial charge in [0.15, 0.2) is 5.69 Å². The van der Waals surface area contributed by atoms with Gasteiger partial charge in [0.05, 0.1) is 12.2 Å². The van der Waals surface area contributed by atoms with E-state index in [9.17, 15) is 4.79 Å². The quantitative estimate of drug-likeness (QED) is 0.841. The molecule has 0 unspecified atom stereocenters. The Morgan fingerprint density at radius 2 is 2.00 bits per heavy atom. The van der Waals surface area contributed by atoms with Gasteiger partial charge in [-0.1, -0.05) is 29.4 Å². The molecule has 1 aromatic carbocycles. The van der Waals surface area contributed by atoms with Crippen LogP contribution in [0.4, 0.5) is 0 Å². The van der Waals surface area contributed by atoms with Crippen LogP contribution in [0, 0.1) is 6.92 Å². The van der Waals surface area contributed by atoms with E-state index in [0.717, 1.165) is 11.1 Å². The van der Waals surface area contributed by atoms with Crippen molar-refractivity contribution in [3.63, 3.8) is 0 Å². The van der Waals surface area contributed by atoms with Crippen molar-refractivity contribution >= 4 is 5.91 Å². The van der Waals surface area contributed by atoms with Gasteiger partial charge >= 0.3 is 0 Å². The summed E-state index contributed by atoms with van der Waals surface area (Å²) in [6, 6.07) is 7.76. The summed E-state index contributed by atoms with van der Waals surface area (Å²) in [5.41, 5.74) is 8.54. The molecule has 0 saturated carbocycles. The monoisotopic (exact) mass is 289 g/mol. The topological polar surface area (TPSA) is 90.4 Å². The molecule has 0 fully saturated rings. The van der Waals surface area contributed by atoms with Gasteiger partial charge in [-0.2, -0.15) is 0 Å². The Labute approximate surface area is 123 Å². The van der Waals surface area contributed by atoms with Crippen LogP contribution in [0.5, 0.6) is 0 Å². The fraction of sp³-hybridized carbons (Fsp3) is 0.333. The van der Waals surface area contributed by atoms with Gasteiger partial charge in [-0.15, -0.1) is 0 Å². The molecule has 1 heterocycles. The second kappa shape index (κ2) is 7.01. The zero-order valence-electron chi connectivity index (χ0n) is 12.2. The zero-order valence-corrected chi connectivity index (χ0v) is 12.2. The zero-order chi connectivity index (χ0) is 15.2. The van der Waals surface area contributed by atoms with Gasteiger partial charge in [-0.3, -0.25) is 4.79 Å². The fourth-order valence-electron chi connectivity index (χ4n) is 1.94. The van der Waals surface area contributed by atoms with Crippen LogP contribution in [0.15, 0.2) is 28.8 Å². The molecule has 3 N–H and O–H groups in total. The van der Waals surface area contributed by atoms with Gasteiger partial charge < -0.3 is 20.3 Å². The number of hydrogen-bond acceptors (Lipinski definition) is 5. The third-order valence-electron chi connectivity index (χ3n) is 3.20. The van der Waals surface area contributed by atoms with Gasteiger partial charge in [-0.05, 0) is 18.1 Å². The highest BCUT2D eigenvalue weighted by Crippen LogP contribution is 2.14. The molecule has 0 aliphatic rings. The lowest BCUT2D eigenvalue weighted by Crippen LogP contribution is -2.24. The lowest BCUT2D eigenvalue weighted by Gasteiger charge is -2.05. The maximum Gasteiger partial charge on any atom is 0.274 e. The first-order chi connectivity index (χ1) is 10.2. The van der Waals surface area contributed by atoms with E-state index in [1.807, 2.05) is 24.3 Å². The van der Waals surface area contributed by atoms with Crippen LogP contribution in [0.25, 0.3) is 0 Å². The minimum atomic E-state index is -0.276. The van der Waals surface area contributed by atoms with Crippen LogP contribution in [-0.4, -0.2) is 18.2 Å². The predicted molar refractivity (Wildman–Crippen MR) is 77.5 cm³/mol. The van der Waals surface area contributed by atoms with Crippen LogP contribution < -0.4 is 11.1 Å². The molecule has 1 aromatic heterocycles. The SMILES string of the molecule is COCc1c(C(=O)NCc2ccc(CN)cc2)noc1C. The van der Waals surface area contributed by atoms with Gasteiger partial charge in [0, 0.05) is 20.2 Å². The Bertz CT molecular complexity index is 605.